The Bertz CT molecular complexity index is 750. The zero-order chi connectivity index (χ0) is 21.6. The Morgan fingerprint density at radius 3 is 1.47 bits per heavy atom. The van der Waals surface area contributed by atoms with E-state index >= 15 is 0 Å². The predicted octanol–water partition coefficient (Wildman–Crippen LogP) is 4.24. The van der Waals surface area contributed by atoms with Crippen LogP contribution in [0.3, 0.4) is 0 Å². The zero-order valence-corrected chi connectivity index (χ0v) is 18.2. The minimum Gasteiger partial charge on any atom is -0.482 e. The molecule has 0 atom stereocenters. The molecule has 162 valence electrons. The first-order valence-corrected chi connectivity index (χ1v) is 10.6. The second-order valence-corrected chi connectivity index (χ2v) is 7.37. The number of para-hydroxylation sites is 2. The van der Waals surface area contributed by atoms with Gasteiger partial charge in [0.15, 0.2) is 13.2 Å². The van der Waals surface area contributed by atoms with Crippen molar-refractivity contribution < 1.29 is 19.1 Å². The first-order chi connectivity index (χ1) is 14.6. The monoisotopic (exact) mass is 452 g/mol. The first kappa shape index (κ1) is 23.8. The lowest BCUT2D eigenvalue weighted by molar-refractivity contribution is -0.123. The molecular weight excluding hydrogens is 427 g/mol. The molecule has 0 heterocycles. The molecule has 0 aliphatic rings. The second kappa shape index (κ2) is 13.7. The number of carbonyl (C=O) groups excluding carboxylic acids is 2. The Balaban J connectivity index is 1.43. The number of unbranched alkanes of at least 4 members (excludes halogenated alkanes) is 3. The molecule has 2 aromatic rings. The average Bonchev–Trinajstić information content (AvgIpc) is 2.74. The van der Waals surface area contributed by atoms with Gasteiger partial charge in [0, 0.05) is 13.1 Å². The Labute approximate surface area is 186 Å². The summed E-state index contributed by atoms with van der Waals surface area (Å²) in [6.45, 7) is 1.05. The molecule has 0 aliphatic heterocycles. The van der Waals surface area contributed by atoms with Gasteiger partial charge in [-0.2, -0.15) is 0 Å². The van der Waals surface area contributed by atoms with Gasteiger partial charge in [0.1, 0.15) is 11.5 Å². The highest BCUT2D eigenvalue weighted by Crippen LogP contribution is 2.23. The van der Waals surface area contributed by atoms with Gasteiger partial charge in [-0.1, -0.05) is 60.3 Å². The molecule has 30 heavy (non-hydrogen) atoms. The van der Waals surface area contributed by atoms with E-state index in [1.165, 1.54) is 0 Å². The van der Waals surface area contributed by atoms with Crippen LogP contribution in [-0.4, -0.2) is 38.1 Å². The molecule has 6 nitrogen and oxygen atoms in total. The maximum atomic E-state index is 11.8. The molecule has 0 saturated carbocycles. The maximum Gasteiger partial charge on any atom is 0.257 e. The quantitative estimate of drug-likeness (QED) is 0.445. The fourth-order valence-electron chi connectivity index (χ4n) is 2.57. The molecule has 0 unspecified atom stereocenters. The van der Waals surface area contributed by atoms with Crippen molar-refractivity contribution in [1.82, 2.24) is 10.6 Å². The van der Waals surface area contributed by atoms with Crippen LogP contribution in [0.1, 0.15) is 25.7 Å². The van der Waals surface area contributed by atoms with Crippen molar-refractivity contribution in [3.8, 4) is 11.5 Å². The molecule has 2 rings (SSSR count). The van der Waals surface area contributed by atoms with Crippen LogP contribution in [0.15, 0.2) is 48.5 Å². The number of hydrogen-bond donors (Lipinski definition) is 2. The minimum absolute atomic E-state index is 0.0635. The number of halogens is 2. The highest BCUT2D eigenvalue weighted by molar-refractivity contribution is 6.32. The summed E-state index contributed by atoms with van der Waals surface area (Å²) >= 11 is 11.9. The molecule has 2 aromatic carbocycles. The minimum atomic E-state index is -0.180. The van der Waals surface area contributed by atoms with Crippen molar-refractivity contribution in [1.29, 1.82) is 0 Å². The summed E-state index contributed by atoms with van der Waals surface area (Å²) in [5.74, 6) is 0.628. The number of rotatable bonds is 13. The van der Waals surface area contributed by atoms with Gasteiger partial charge in [-0.05, 0) is 37.1 Å². The Morgan fingerprint density at radius 2 is 1.07 bits per heavy atom. The maximum absolute atomic E-state index is 11.8. The number of benzene rings is 2. The standard InChI is InChI=1S/C22H26Cl2N2O4/c23-17-9-3-5-11-19(17)29-15-21(27)25-13-7-1-2-8-14-26-22(28)16-30-20-12-6-4-10-18(20)24/h3-6,9-12H,1-2,7-8,13-16H2,(H,25,27)(H,26,28). The SMILES string of the molecule is O=C(COc1ccccc1Cl)NCCCCCCNC(=O)COc1ccccc1Cl. The fraction of sp³-hybridized carbons (Fsp3) is 0.364. The van der Waals surface area contributed by atoms with E-state index in [-0.39, 0.29) is 25.0 Å². The molecule has 2 N–H and O–H groups in total. The molecule has 2 amide bonds. The van der Waals surface area contributed by atoms with Crippen LogP contribution in [0.4, 0.5) is 0 Å². The zero-order valence-electron chi connectivity index (χ0n) is 16.7. The van der Waals surface area contributed by atoms with Crippen LogP contribution >= 0.6 is 23.2 Å². The number of amides is 2. The van der Waals surface area contributed by atoms with Crippen LogP contribution in [0, 0.1) is 0 Å². The molecule has 0 bridgehead atoms. The summed E-state index contributed by atoms with van der Waals surface area (Å²) in [6.07, 6.45) is 3.64. The number of carbonyl (C=O) groups is 2. The fourth-order valence-corrected chi connectivity index (χ4v) is 2.95. The first-order valence-electron chi connectivity index (χ1n) is 9.84. The Hall–Kier alpha value is -2.44. The van der Waals surface area contributed by atoms with Crippen molar-refractivity contribution in [3.63, 3.8) is 0 Å². The van der Waals surface area contributed by atoms with Crippen LogP contribution in [0.2, 0.25) is 10.0 Å². The number of ether oxygens (including phenoxy) is 2. The third-order valence-electron chi connectivity index (χ3n) is 4.14. The van der Waals surface area contributed by atoms with E-state index < -0.39 is 0 Å². The molecular formula is C22H26Cl2N2O4. The molecule has 8 heteroatoms. The molecule has 0 aromatic heterocycles. The van der Waals surface area contributed by atoms with E-state index in [1.54, 1.807) is 48.5 Å². The van der Waals surface area contributed by atoms with E-state index in [1.807, 2.05) is 0 Å². The molecule has 0 aliphatic carbocycles. The highest BCUT2D eigenvalue weighted by atomic mass is 35.5. The lowest BCUT2D eigenvalue weighted by Gasteiger charge is -2.09. The molecule has 0 radical (unpaired) electrons. The molecule has 0 spiro atoms. The van der Waals surface area contributed by atoms with Gasteiger partial charge in [-0.3, -0.25) is 9.59 Å². The van der Waals surface area contributed by atoms with Gasteiger partial charge < -0.3 is 20.1 Å². The summed E-state index contributed by atoms with van der Waals surface area (Å²) in [5.41, 5.74) is 0. The van der Waals surface area contributed by atoms with E-state index in [2.05, 4.69) is 10.6 Å². The highest BCUT2D eigenvalue weighted by Gasteiger charge is 2.06. The summed E-state index contributed by atoms with van der Waals surface area (Å²) in [7, 11) is 0. The summed E-state index contributed by atoms with van der Waals surface area (Å²) in [5, 5.41) is 6.59. The largest absolute Gasteiger partial charge is 0.482 e. The molecule has 0 fully saturated rings. The van der Waals surface area contributed by atoms with Crippen LogP contribution < -0.4 is 20.1 Å². The van der Waals surface area contributed by atoms with Gasteiger partial charge in [0.2, 0.25) is 0 Å². The van der Waals surface area contributed by atoms with Gasteiger partial charge in [-0.25, -0.2) is 0 Å². The predicted molar refractivity (Wildman–Crippen MR) is 118 cm³/mol. The molecule has 0 saturated heterocycles. The van der Waals surface area contributed by atoms with Crippen LogP contribution in [0.25, 0.3) is 0 Å². The van der Waals surface area contributed by atoms with Crippen molar-refractivity contribution >= 4 is 35.0 Å². The van der Waals surface area contributed by atoms with Gasteiger partial charge in [0.25, 0.3) is 11.8 Å². The lowest BCUT2D eigenvalue weighted by Crippen LogP contribution is -2.30. The normalized spacial score (nSPS) is 10.3. The van der Waals surface area contributed by atoms with E-state index in [0.29, 0.717) is 34.6 Å². The Morgan fingerprint density at radius 1 is 0.667 bits per heavy atom. The van der Waals surface area contributed by atoms with Gasteiger partial charge >= 0.3 is 0 Å². The lowest BCUT2D eigenvalue weighted by atomic mass is 10.2. The number of nitrogens with one attached hydrogen (secondary N) is 2. The van der Waals surface area contributed by atoms with Gasteiger partial charge in [0.05, 0.1) is 10.0 Å². The van der Waals surface area contributed by atoms with Crippen LogP contribution in [-0.2, 0) is 9.59 Å². The number of hydrogen-bond acceptors (Lipinski definition) is 4. The van der Waals surface area contributed by atoms with E-state index in [0.717, 1.165) is 25.7 Å². The van der Waals surface area contributed by atoms with E-state index in [4.69, 9.17) is 32.7 Å². The third kappa shape index (κ3) is 9.37. The van der Waals surface area contributed by atoms with E-state index in [9.17, 15) is 9.59 Å². The topological polar surface area (TPSA) is 76.7 Å². The Kier molecular flexibility index (Phi) is 10.9. The van der Waals surface area contributed by atoms with Crippen molar-refractivity contribution in [2.75, 3.05) is 26.3 Å². The second-order valence-electron chi connectivity index (χ2n) is 6.55. The van der Waals surface area contributed by atoms with Crippen molar-refractivity contribution in [3.05, 3.63) is 58.6 Å². The summed E-state index contributed by atoms with van der Waals surface area (Å²) < 4.78 is 10.8. The average molecular weight is 453 g/mol. The summed E-state index contributed by atoms with van der Waals surface area (Å²) in [6, 6.07) is 14.1. The smallest absolute Gasteiger partial charge is 0.257 e. The van der Waals surface area contributed by atoms with Crippen LogP contribution in [0.5, 0.6) is 11.5 Å². The van der Waals surface area contributed by atoms with Gasteiger partial charge in [-0.15, -0.1) is 0 Å². The van der Waals surface area contributed by atoms with Crippen molar-refractivity contribution in [2.45, 2.75) is 25.7 Å². The third-order valence-corrected chi connectivity index (χ3v) is 4.76. The van der Waals surface area contributed by atoms with Crippen molar-refractivity contribution in [2.24, 2.45) is 0 Å². The summed E-state index contributed by atoms with van der Waals surface area (Å²) in [4.78, 5) is 23.6.